The van der Waals surface area contributed by atoms with Gasteiger partial charge in [-0.2, -0.15) is 0 Å². The van der Waals surface area contributed by atoms with E-state index >= 15 is 0 Å². The summed E-state index contributed by atoms with van der Waals surface area (Å²) in [5.74, 6) is -0.818. The van der Waals surface area contributed by atoms with E-state index in [9.17, 15) is 4.79 Å². The summed E-state index contributed by atoms with van der Waals surface area (Å²) in [5.41, 5.74) is 0. The molecular weight excluding hydrogens is 222 g/mol. The van der Waals surface area contributed by atoms with Gasteiger partial charge in [0.15, 0.2) is 5.76 Å². The maximum absolute atomic E-state index is 12.5. The summed E-state index contributed by atoms with van der Waals surface area (Å²) in [6.45, 7) is 1.61. The van der Waals surface area contributed by atoms with Gasteiger partial charge in [0.25, 0.3) is 5.79 Å². The molecule has 0 aromatic rings. The van der Waals surface area contributed by atoms with Crippen molar-refractivity contribution in [2.24, 2.45) is 11.8 Å². The minimum Gasteiger partial charge on any atom is -0.495 e. The lowest BCUT2D eigenvalue weighted by Gasteiger charge is -2.37. The van der Waals surface area contributed by atoms with E-state index in [1.54, 1.807) is 0 Å². The monoisotopic (exact) mass is 241 g/mol. The van der Waals surface area contributed by atoms with Crippen LogP contribution in [0.25, 0.3) is 0 Å². The minimum atomic E-state index is -1.36. The fourth-order valence-corrected chi connectivity index (χ4v) is 2.84. The summed E-state index contributed by atoms with van der Waals surface area (Å²) in [6.07, 6.45) is 1.96. The van der Waals surface area contributed by atoms with Gasteiger partial charge < -0.3 is 19.1 Å². The van der Waals surface area contributed by atoms with E-state index < -0.39 is 5.79 Å². The number of Topliss-reactive ketones (excluding diaryl/α,β-unsaturated/α-hetero) is 1. The predicted molar refractivity (Wildman–Crippen MR) is 61.3 cm³/mol. The van der Waals surface area contributed by atoms with Crippen molar-refractivity contribution in [1.29, 1.82) is 0 Å². The van der Waals surface area contributed by atoms with E-state index in [1.165, 1.54) is 21.3 Å². The number of carbonyl (C=O) groups excluding carboxylic acids is 1. The fourth-order valence-electron chi connectivity index (χ4n) is 2.84. The maximum Gasteiger partial charge on any atom is 0.288 e. The van der Waals surface area contributed by atoms with Gasteiger partial charge in [0.05, 0.1) is 7.11 Å². The topological polar surface area (TPSA) is 48.0 Å². The number of rotatable bonds is 3. The van der Waals surface area contributed by atoms with Crippen LogP contribution in [0.4, 0.5) is 0 Å². The number of likely N-dealkylation sites (tertiary alicyclic amines) is 1. The second-order valence-corrected chi connectivity index (χ2v) is 4.62. The van der Waals surface area contributed by atoms with E-state index in [4.69, 9.17) is 14.2 Å². The van der Waals surface area contributed by atoms with Crippen molar-refractivity contribution < 1.29 is 19.0 Å². The first-order valence-corrected chi connectivity index (χ1v) is 5.68. The molecule has 1 aliphatic carbocycles. The third-order valence-corrected chi connectivity index (χ3v) is 3.69. The first kappa shape index (κ1) is 12.5. The van der Waals surface area contributed by atoms with Crippen LogP contribution >= 0.6 is 0 Å². The number of ketones is 1. The lowest BCUT2D eigenvalue weighted by molar-refractivity contribution is -0.210. The van der Waals surface area contributed by atoms with Crippen molar-refractivity contribution >= 4 is 5.78 Å². The summed E-state index contributed by atoms with van der Waals surface area (Å²) in [7, 11) is 6.47. The highest BCUT2D eigenvalue weighted by Gasteiger charge is 2.54. The normalized spacial score (nSPS) is 32.2. The zero-order chi connectivity index (χ0) is 12.6. The van der Waals surface area contributed by atoms with Crippen molar-refractivity contribution in [3.05, 3.63) is 11.8 Å². The summed E-state index contributed by atoms with van der Waals surface area (Å²) in [5, 5.41) is 0. The summed E-state index contributed by atoms with van der Waals surface area (Å²) in [4.78, 5) is 14.6. The molecule has 0 aromatic heterocycles. The molecule has 0 N–H and O–H groups in total. The van der Waals surface area contributed by atoms with E-state index in [2.05, 4.69) is 4.90 Å². The molecule has 2 atom stereocenters. The van der Waals surface area contributed by atoms with Gasteiger partial charge >= 0.3 is 0 Å². The van der Waals surface area contributed by atoms with E-state index in [-0.39, 0.29) is 17.6 Å². The van der Waals surface area contributed by atoms with Gasteiger partial charge in [-0.15, -0.1) is 0 Å². The van der Waals surface area contributed by atoms with Crippen molar-refractivity contribution in [2.45, 2.75) is 5.79 Å². The van der Waals surface area contributed by atoms with Crippen molar-refractivity contribution in [2.75, 3.05) is 41.5 Å². The molecule has 5 heteroatoms. The second kappa shape index (κ2) is 4.40. The largest absolute Gasteiger partial charge is 0.495 e. The Bertz CT molecular complexity index is 348. The SMILES string of the molecule is COC1=C[C@H]2CN(C)C[C@H]2C(=O)C1(OC)OC. The van der Waals surface area contributed by atoms with Gasteiger partial charge in [-0.1, -0.05) is 0 Å². The first-order chi connectivity index (χ1) is 8.08. The number of carbonyl (C=O) groups is 1. The molecule has 0 aromatic carbocycles. The second-order valence-electron chi connectivity index (χ2n) is 4.62. The minimum absolute atomic E-state index is 0.0452. The molecule has 5 nitrogen and oxygen atoms in total. The highest BCUT2D eigenvalue weighted by Crippen LogP contribution is 2.39. The van der Waals surface area contributed by atoms with Gasteiger partial charge in [0.1, 0.15) is 0 Å². The van der Waals surface area contributed by atoms with E-state index in [0.717, 1.165) is 13.1 Å². The van der Waals surface area contributed by atoms with Gasteiger partial charge in [-0.3, -0.25) is 4.79 Å². The van der Waals surface area contributed by atoms with Crippen LogP contribution < -0.4 is 0 Å². The smallest absolute Gasteiger partial charge is 0.288 e. The molecule has 1 heterocycles. The molecule has 2 aliphatic rings. The Labute approximate surface area is 101 Å². The quantitative estimate of drug-likeness (QED) is 0.664. The molecule has 2 rings (SSSR count). The van der Waals surface area contributed by atoms with Crippen molar-refractivity contribution in [3.63, 3.8) is 0 Å². The molecule has 1 aliphatic heterocycles. The molecule has 1 saturated heterocycles. The van der Waals surface area contributed by atoms with Crippen LogP contribution in [-0.4, -0.2) is 57.9 Å². The Kier molecular flexibility index (Phi) is 3.25. The Morgan fingerprint density at radius 2 is 1.94 bits per heavy atom. The van der Waals surface area contributed by atoms with Crippen LogP contribution in [-0.2, 0) is 19.0 Å². The molecular formula is C12H19NO4. The van der Waals surface area contributed by atoms with Crippen molar-refractivity contribution in [3.8, 4) is 0 Å². The highest BCUT2D eigenvalue weighted by molar-refractivity contribution is 5.93. The van der Waals surface area contributed by atoms with Crippen LogP contribution in [0, 0.1) is 11.8 Å². The predicted octanol–water partition coefficient (Wildman–Crippen LogP) is 0.266. The van der Waals surface area contributed by atoms with Gasteiger partial charge in [0, 0.05) is 39.1 Å². The molecule has 0 unspecified atom stereocenters. The van der Waals surface area contributed by atoms with Crippen LogP contribution in [0.1, 0.15) is 0 Å². The lowest BCUT2D eigenvalue weighted by Crippen LogP contribution is -2.52. The Morgan fingerprint density at radius 3 is 2.47 bits per heavy atom. The standard InChI is InChI=1S/C12H19NO4/c1-13-6-8-5-10(15-2)12(16-3,17-4)11(14)9(8)7-13/h5,8-9H,6-7H2,1-4H3/t8-,9+/m0/s1. The fraction of sp³-hybridized carbons (Fsp3) is 0.750. The van der Waals surface area contributed by atoms with Crippen LogP contribution in [0.5, 0.6) is 0 Å². The van der Waals surface area contributed by atoms with Crippen LogP contribution in [0.15, 0.2) is 11.8 Å². The molecule has 0 bridgehead atoms. The number of methoxy groups -OCH3 is 3. The van der Waals surface area contributed by atoms with Crippen molar-refractivity contribution in [1.82, 2.24) is 4.90 Å². The molecule has 96 valence electrons. The Balaban J connectivity index is 2.42. The van der Waals surface area contributed by atoms with E-state index in [1.807, 2.05) is 13.1 Å². The average molecular weight is 241 g/mol. The number of nitrogens with zero attached hydrogens (tertiary/aromatic N) is 1. The lowest BCUT2D eigenvalue weighted by atomic mass is 9.81. The zero-order valence-electron chi connectivity index (χ0n) is 10.7. The third-order valence-electron chi connectivity index (χ3n) is 3.69. The van der Waals surface area contributed by atoms with E-state index in [0.29, 0.717) is 5.76 Å². The zero-order valence-corrected chi connectivity index (χ0v) is 10.7. The number of hydrogen-bond acceptors (Lipinski definition) is 5. The molecule has 0 spiro atoms. The van der Waals surface area contributed by atoms with Crippen LogP contribution in [0.3, 0.4) is 0 Å². The maximum atomic E-state index is 12.5. The molecule has 1 fully saturated rings. The summed E-state index contributed by atoms with van der Waals surface area (Å²) < 4.78 is 15.9. The molecule has 17 heavy (non-hydrogen) atoms. The summed E-state index contributed by atoms with van der Waals surface area (Å²) in [6, 6.07) is 0. The first-order valence-electron chi connectivity index (χ1n) is 5.68. The Morgan fingerprint density at radius 1 is 1.29 bits per heavy atom. The number of ether oxygens (including phenoxy) is 3. The van der Waals surface area contributed by atoms with Gasteiger partial charge in [-0.05, 0) is 13.1 Å². The van der Waals surface area contributed by atoms with Gasteiger partial charge in [0.2, 0.25) is 5.78 Å². The number of fused-ring (bicyclic) bond motifs is 1. The molecule has 0 amide bonds. The molecule has 0 radical (unpaired) electrons. The third kappa shape index (κ3) is 1.69. The van der Waals surface area contributed by atoms with Crippen LogP contribution in [0.2, 0.25) is 0 Å². The Hall–Kier alpha value is -0.910. The highest BCUT2D eigenvalue weighted by atomic mass is 16.7. The number of hydrogen-bond donors (Lipinski definition) is 0. The summed E-state index contributed by atoms with van der Waals surface area (Å²) >= 11 is 0. The van der Waals surface area contributed by atoms with Gasteiger partial charge in [-0.25, -0.2) is 0 Å². The molecule has 0 saturated carbocycles. The average Bonchev–Trinajstić information content (AvgIpc) is 2.70.